The first-order valence-electron chi connectivity index (χ1n) is 4.68. The number of benzene rings is 1. The molecule has 0 unspecified atom stereocenters. The van der Waals surface area contributed by atoms with E-state index in [1.165, 1.54) is 14.2 Å². The maximum absolute atomic E-state index is 14.0. The number of carbonyl (C=O) groups excluding carboxylic acids is 1. The number of rotatable bonds is 5. The lowest BCUT2D eigenvalue weighted by atomic mass is 10.1. The first kappa shape index (κ1) is 13.0. The van der Waals surface area contributed by atoms with Gasteiger partial charge in [-0.1, -0.05) is 15.9 Å². The van der Waals surface area contributed by atoms with Crippen LogP contribution >= 0.6 is 15.9 Å². The second-order valence-corrected chi connectivity index (χ2v) is 3.95. The number of halogens is 2. The van der Waals surface area contributed by atoms with Gasteiger partial charge in [0.1, 0.15) is 6.29 Å². The largest absolute Gasteiger partial charge is 0.493 e. The van der Waals surface area contributed by atoms with Crippen LogP contribution in [-0.2, 0) is 11.2 Å². The van der Waals surface area contributed by atoms with E-state index in [4.69, 9.17) is 9.47 Å². The van der Waals surface area contributed by atoms with Crippen molar-refractivity contribution in [2.45, 2.75) is 12.8 Å². The molecule has 88 valence electrons. The van der Waals surface area contributed by atoms with Gasteiger partial charge >= 0.3 is 0 Å². The van der Waals surface area contributed by atoms with Crippen molar-refractivity contribution in [2.24, 2.45) is 0 Å². The van der Waals surface area contributed by atoms with E-state index in [2.05, 4.69) is 15.9 Å². The van der Waals surface area contributed by atoms with E-state index in [1.807, 2.05) is 0 Å². The van der Waals surface area contributed by atoms with Gasteiger partial charge in [0.2, 0.25) is 0 Å². The molecular weight excluding hydrogens is 279 g/mol. The molecule has 0 fully saturated rings. The van der Waals surface area contributed by atoms with Gasteiger partial charge < -0.3 is 14.3 Å². The molecular formula is C11H12BrFO3. The van der Waals surface area contributed by atoms with Crippen LogP contribution in [-0.4, -0.2) is 20.5 Å². The molecule has 3 nitrogen and oxygen atoms in total. The highest BCUT2D eigenvalue weighted by atomic mass is 79.9. The first-order valence-corrected chi connectivity index (χ1v) is 5.47. The van der Waals surface area contributed by atoms with Gasteiger partial charge in [0.25, 0.3) is 0 Å². The number of hydrogen-bond acceptors (Lipinski definition) is 3. The highest BCUT2D eigenvalue weighted by molar-refractivity contribution is 9.10. The predicted octanol–water partition coefficient (Wildman–Crippen LogP) is 2.74. The van der Waals surface area contributed by atoms with Crippen LogP contribution in [0.2, 0.25) is 0 Å². The fourth-order valence-corrected chi connectivity index (χ4v) is 1.97. The van der Waals surface area contributed by atoms with Gasteiger partial charge in [-0.3, -0.25) is 0 Å². The minimum absolute atomic E-state index is 0.0617. The van der Waals surface area contributed by atoms with E-state index in [0.29, 0.717) is 22.2 Å². The van der Waals surface area contributed by atoms with Crippen LogP contribution in [0.3, 0.4) is 0 Å². The highest BCUT2D eigenvalue weighted by Gasteiger charge is 2.18. The Bertz CT molecular complexity index is 393. The van der Waals surface area contributed by atoms with E-state index in [9.17, 15) is 9.18 Å². The maximum Gasteiger partial charge on any atom is 0.197 e. The monoisotopic (exact) mass is 290 g/mol. The van der Waals surface area contributed by atoms with Crippen LogP contribution in [0.15, 0.2) is 10.5 Å². The molecule has 0 aliphatic rings. The summed E-state index contributed by atoms with van der Waals surface area (Å²) in [4.78, 5) is 10.3. The Hall–Kier alpha value is -1.10. The minimum atomic E-state index is -0.490. The summed E-state index contributed by atoms with van der Waals surface area (Å²) >= 11 is 3.24. The third kappa shape index (κ3) is 2.52. The predicted molar refractivity (Wildman–Crippen MR) is 61.6 cm³/mol. The molecule has 1 aromatic rings. The second kappa shape index (κ2) is 5.84. The quantitative estimate of drug-likeness (QED) is 0.782. The lowest BCUT2D eigenvalue weighted by Gasteiger charge is -2.13. The molecule has 0 N–H and O–H groups in total. The Morgan fingerprint density at radius 1 is 1.44 bits per heavy atom. The Balaban J connectivity index is 3.23. The minimum Gasteiger partial charge on any atom is -0.493 e. The molecule has 1 aromatic carbocycles. The Morgan fingerprint density at radius 3 is 2.62 bits per heavy atom. The molecule has 0 aromatic heterocycles. The topological polar surface area (TPSA) is 35.5 Å². The summed E-state index contributed by atoms with van der Waals surface area (Å²) in [5, 5.41) is 0. The van der Waals surface area contributed by atoms with Gasteiger partial charge in [-0.25, -0.2) is 4.39 Å². The number of aldehydes is 1. The van der Waals surface area contributed by atoms with Crippen molar-refractivity contribution in [2.75, 3.05) is 14.2 Å². The smallest absolute Gasteiger partial charge is 0.197 e. The van der Waals surface area contributed by atoms with Crippen molar-refractivity contribution in [3.05, 3.63) is 21.9 Å². The molecule has 0 spiro atoms. The molecule has 0 radical (unpaired) electrons. The van der Waals surface area contributed by atoms with Gasteiger partial charge in [-0.15, -0.1) is 0 Å². The van der Waals surface area contributed by atoms with Gasteiger partial charge in [0.05, 0.1) is 14.2 Å². The van der Waals surface area contributed by atoms with Gasteiger partial charge in [-0.05, 0) is 12.5 Å². The van der Waals surface area contributed by atoms with Crippen LogP contribution in [0.25, 0.3) is 0 Å². The van der Waals surface area contributed by atoms with Crippen LogP contribution in [0.1, 0.15) is 12.0 Å². The summed E-state index contributed by atoms with van der Waals surface area (Å²) < 4.78 is 24.5. The van der Waals surface area contributed by atoms with Crippen molar-refractivity contribution in [3.63, 3.8) is 0 Å². The molecule has 0 atom stereocenters. The average Bonchev–Trinajstić information content (AvgIpc) is 2.28. The Morgan fingerprint density at radius 2 is 2.12 bits per heavy atom. The molecule has 0 amide bonds. The molecule has 16 heavy (non-hydrogen) atoms. The third-order valence-corrected chi connectivity index (χ3v) is 2.88. The average molecular weight is 291 g/mol. The summed E-state index contributed by atoms with van der Waals surface area (Å²) in [6, 6.07) is 1.63. The molecule has 0 saturated carbocycles. The van der Waals surface area contributed by atoms with Crippen LogP contribution in [0, 0.1) is 5.82 Å². The Kier molecular flexibility index (Phi) is 4.73. The summed E-state index contributed by atoms with van der Waals surface area (Å²) in [5.41, 5.74) is 0.421. The van der Waals surface area contributed by atoms with Crippen LogP contribution < -0.4 is 9.47 Å². The second-order valence-electron chi connectivity index (χ2n) is 3.09. The molecule has 0 heterocycles. The van der Waals surface area contributed by atoms with Crippen LogP contribution in [0.5, 0.6) is 11.5 Å². The van der Waals surface area contributed by atoms with Crippen molar-refractivity contribution < 1.29 is 18.7 Å². The number of hydrogen-bond donors (Lipinski definition) is 0. The summed E-state index contributed by atoms with van der Waals surface area (Å²) in [6.07, 6.45) is 1.35. The van der Waals surface area contributed by atoms with Crippen molar-refractivity contribution >= 4 is 22.2 Å². The lowest BCUT2D eigenvalue weighted by molar-refractivity contribution is -0.107. The molecule has 0 aliphatic heterocycles. The van der Waals surface area contributed by atoms with Gasteiger partial charge in [0.15, 0.2) is 17.3 Å². The van der Waals surface area contributed by atoms with E-state index in [1.54, 1.807) is 6.07 Å². The molecule has 0 saturated heterocycles. The van der Waals surface area contributed by atoms with Crippen molar-refractivity contribution in [1.29, 1.82) is 0 Å². The van der Waals surface area contributed by atoms with Gasteiger partial charge in [0, 0.05) is 16.5 Å². The van der Waals surface area contributed by atoms with E-state index >= 15 is 0 Å². The lowest BCUT2D eigenvalue weighted by Crippen LogP contribution is -2.00. The zero-order valence-corrected chi connectivity index (χ0v) is 10.6. The maximum atomic E-state index is 14.0. The van der Waals surface area contributed by atoms with Crippen molar-refractivity contribution in [3.8, 4) is 11.5 Å². The summed E-state index contributed by atoms with van der Waals surface area (Å²) in [6.45, 7) is 0. The summed E-state index contributed by atoms with van der Waals surface area (Å²) in [7, 11) is 2.81. The molecule has 0 bridgehead atoms. The van der Waals surface area contributed by atoms with Crippen molar-refractivity contribution in [1.82, 2.24) is 0 Å². The zero-order valence-electron chi connectivity index (χ0n) is 9.05. The number of carbonyl (C=O) groups is 1. The Labute approximate surface area is 102 Å². The SMILES string of the molecule is COc1cc(Br)c(CCC=O)c(F)c1OC. The highest BCUT2D eigenvalue weighted by Crippen LogP contribution is 2.37. The van der Waals surface area contributed by atoms with E-state index < -0.39 is 5.82 Å². The fourth-order valence-electron chi connectivity index (χ4n) is 1.39. The molecule has 1 rings (SSSR count). The van der Waals surface area contributed by atoms with Crippen LogP contribution in [0.4, 0.5) is 4.39 Å². The zero-order chi connectivity index (χ0) is 12.1. The standard InChI is InChI=1S/C11H12BrFO3/c1-15-9-6-8(12)7(4-3-5-14)10(13)11(9)16-2/h5-6H,3-4H2,1-2H3. The third-order valence-electron chi connectivity index (χ3n) is 2.17. The van der Waals surface area contributed by atoms with E-state index in [0.717, 1.165) is 6.29 Å². The van der Waals surface area contributed by atoms with E-state index in [-0.39, 0.29) is 12.2 Å². The van der Waals surface area contributed by atoms with Gasteiger partial charge in [-0.2, -0.15) is 0 Å². The summed E-state index contributed by atoms with van der Waals surface area (Å²) in [5.74, 6) is -0.107. The number of ether oxygens (including phenoxy) is 2. The number of methoxy groups -OCH3 is 2. The molecule has 0 aliphatic carbocycles. The first-order chi connectivity index (χ1) is 7.65. The fraction of sp³-hybridized carbons (Fsp3) is 0.364. The normalized spacial score (nSPS) is 10.0. The molecule has 5 heteroatoms.